The van der Waals surface area contributed by atoms with E-state index in [2.05, 4.69) is 60.7 Å². The summed E-state index contributed by atoms with van der Waals surface area (Å²) in [7, 11) is 1.78. The van der Waals surface area contributed by atoms with Gasteiger partial charge in [0.2, 0.25) is 11.8 Å². The van der Waals surface area contributed by atoms with Crippen LogP contribution in [0.2, 0.25) is 0 Å². The largest absolute Gasteiger partial charge is 0.356 e. The van der Waals surface area contributed by atoms with Crippen LogP contribution in [0.1, 0.15) is 57.1 Å². The van der Waals surface area contributed by atoms with Crippen molar-refractivity contribution in [2.75, 3.05) is 39.8 Å². The van der Waals surface area contributed by atoms with Crippen molar-refractivity contribution in [2.45, 2.75) is 59.4 Å². The number of carbonyl (C=O) groups excluding carboxylic acids is 2. The van der Waals surface area contributed by atoms with E-state index in [0.717, 1.165) is 38.3 Å². The van der Waals surface area contributed by atoms with Crippen LogP contribution < -0.4 is 10.6 Å². The maximum absolute atomic E-state index is 12.5. The molecule has 0 aromatic heterocycles. The van der Waals surface area contributed by atoms with E-state index in [0.29, 0.717) is 44.9 Å². The lowest BCUT2D eigenvalue weighted by molar-refractivity contribution is -0.140. The predicted molar refractivity (Wildman–Crippen MR) is 130 cm³/mol. The summed E-state index contributed by atoms with van der Waals surface area (Å²) < 4.78 is 0. The molecule has 2 N–H and O–H groups in total. The van der Waals surface area contributed by atoms with Gasteiger partial charge in [-0.3, -0.25) is 14.6 Å². The van der Waals surface area contributed by atoms with Gasteiger partial charge in [-0.2, -0.15) is 0 Å². The Kier molecular flexibility index (Phi) is 11.0. The van der Waals surface area contributed by atoms with Crippen molar-refractivity contribution in [3.63, 3.8) is 0 Å². The van der Waals surface area contributed by atoms with Crippen LogP contribution in [-0.2, 0) is 16.1 Å². The van der Waals surface area contributed by atoms with Crippen molar-refractivity contribution in [1.82, 2.24) is 20.4 Å². The maximum Gasteiger partial charge on any atom is 0.222 e. The highest BCUT2D eigenvalue weighted by atomic mass is 16.2. The third-order valence-electron chi connectivity index (χ3n) is 5.69. The number of hydrogen-bond donors (Lipinski definition) is 2. The molecule has 1 aliphatic heterocycles. The van der Waals surface area contributed by atoms with Crippen molar-refractivity contribution in [2.24, 2.45) is 10.9 Å². The van der Waals surface area contributed by atoms with Crippen LogP contribution in [0.25, 0.3) is 0 Å². The highest BCUT2D eigenvalue weighted by Crippen LogP contribution is 2.10. The zero-order valence-corrected chi connectivity index (χ0v) is 20.3. The highest BCUT2D eigenvalue weighted by Gasteiger charge is 2.23. The van der Waals surface area contributed by atoms with Gasteiger partial charge < -0.3 is 20.4 Å². The van der Waals surface area contributed by atoms with Crippen LogP contribution in [0.15, 0.2) is 29.3 Å². The molecule has 2 amide bonds. The summed E-state index contributed by atoms with van der Waals surface area (Å²) in [4.78, 5) is 32.7. The minimum atomic E-state index is 0.211. The van der Waals surface area contributed by atoms with Gasteiger partial charge in [-0.15, -0.1) is 0 Å². The molecule has 0 unspecified atom stereocenters. The average Bonchev–Trinajstić information content (AvgIpc) is 2.77. The molecule has 0 saturated carbocycles. The molecule has 1 aromatic carbocycles. The molecule has 7 nitrogen and oxygen atoms in total. The second-order valence-electron chi connectivity index (χ2n) is 9.01. The van der Waals surface area contributed by atoms with Gasteiger partial charge in [-0.1, -0.05) is 50.1 Å². The lowest BCUT2D eigenvalue weighted by Crippen LogP contribution is -2.50. The Balaban J connectivity index is 1.54. The van der Waals surface area contributed by atoms with Gasteiger partial charge in [0.25, 0.3) is 0 Å². The van der Waals surface area contributed by atoms with E-state index in [9.17, 15) is 9.59 Å². The molecule has 7 heteroatoms. The first kappa shape index (κ1) is 25.7. The van der Waals surface area contributed by atoms with Crippen LogP contribution >= 0.6 is 0 Å². The summed E-state index contributed by atoms with van der Waals surface area (Å²) in [6.07, 6.45) is 4.06. The molecule has 1 aromatic rings. The summed E-state index contributed by atoms with van der Waals surface area (Å²) in [5.74, 6) is 1.60. The standard InChI is InChI=1S/C25H41N5O2/c1-20(2)17-24(32)30-15-13-29(14-16-30)23(31)11-6-5-7-12-27-25(26-4)28-19-22-10-8-9-21(3)18-22/h8-10,18,20H,5-7,11-17,19H2,1-4H3,(H2,26,27,28). The predicted octanol–water partition coefficient (Wildman–Crippen LogP) is 2.94. The molecule has 0 spiro atoms. The zero-order chi connectivity index (χ0) is 23.3. The normalized spacial score (nSPS) is 14.6. The first-order chi connectivity index (χ1) is 15.4. The molecule has 0 bridgehead atoms. The first-order valence-electron chi connectivity index (χ1n) is 11.9. The number of piperazine rings is 1. The van der Waals surface area contributed by atoms with Crippen LogP contribution in [-0.4, -0.2) is 67.3 Å². The van der Waals surface area contributed by atoms with E-state index >= 15 is 0 Å². The topological polar surface area (TPSA) is 77.0 Å². The first-order valence-corrected chi connectivity index (χ1v) is 11.9. The number of benzene rings is 1. The Labute approximate surface area is 193 Å². The fourth-order valence-electron chi connectivity index (χ4n) is 3.86. The van der Waals surface area contributed by atoms with E-state index in [-0.39, 0.29) is 11.8 Å². The molecule has 0 atom stereocenters. The SMILES string of the molecule is CN=C(NCCCCCC(=O)N1CCN(C(=O)CC(C)C)CC1)NCc1cccc(C)c1. The molecule has 178 valence electrons. The molecule has 1 fully saturated rings. The number of nitrogens with zero attached hydrogens (tertiary/aromatic N) is 3. The average molecular weight is 444 g/mol. The number of amides is 2. The number of hydrogen-bond acceptors (Lipinski definition) is 3. The monoisotopic (exact) mass is 443 g/mol. The summed E-state index contributed by atoms with van der Waals surface area (Å²) in [5, 5.41) is 6.68. The number of aliphatic imine (C=N–C) groups is 1. The summed E-state index contributed by atoms with van der Waals surface area (Å²) in [6, 6.07) is 8.43. The lowest BCUT2D eigenvalue weighted by atomic mass is 10.1. The van der Waals surface area contributed by atoms with Crippen molar-refractivity contribution in [3.05, 3.63) is 35.4 Å². The lowest BCUT2D eigenvalue weighted by Gasteiger charge is -2.35. The van der Waals surface area contributed by atoms with E-state index in [1.165, 1.54) is 11.1 Å². The van der Waals surface area contributed by atoms with Gasteiger partial charge >= 0.3 is 0 Å². The van der Waals surface area contributed by atoms with E-state index in [1.807, 2.05) is 9.80 Å². The minimum Gasteiger partial charge on any atom is -0.356 e. The van der Waals surface area contributed by atoms with Crippen molar-refractivity contribution in [1.29, 1.82) is 0 Å². The van der Waals surface area contributed by atoms with Gasteiger partial charge in [-0.25, -0.2) is 0 Å². The van der Waals surface area contributed by atoms with Crippen molar-refractivity contribution in [3.8, 4) is 0 Å². The molecule has 1 heterocycles. The molecule has 1 saturated heterocycles. The highest BCUT2D eigenvalue weighted by molar-refractivity contribution is 5.79. The van der Waals surface area contributed by atoms with Gasteiger partial charge in [0.05, 0.1) is 0 Å². The second-order valence-corrected chi connectivity index (χ2v) is 9.01. The molecule has 1 aliphatic rings. The molecule has 2 rings (SSSR count). The fourth-order valence-corrected chi connectivity index (χ4v) is 3.86. The van der Waals surface area contributed by atoms with Crippen LogP contribution in [0.5, 0.6) is 0 Å². The van der Waals surface area contributed by atoms with Crippen molar-refractivity contribution >= 4 is 17.8 Å². The van der Waals surface area contributed by atoms with E-state index in [1.54, 1.807) is 7.05 Å². The number of unbranched alkanes of at least 4 members (excludes halogenated alkanes) is 2. The molecule has 32 heavy (non-hydrogen) atoms. The Morgan fingerprint density at radius 2 is 1.69 bits per heavy atom. The van der Waals surface area contributed by atoms with Crippen molar-refractivity contribution < 1.29 is 9.59 Å². The number of rotatable bonds is 10. The summed E-state index contributed by atoms with van der Waals surface area (Å²) >= 11 is 0. The Bertz CT molecular complexity index is 754. The van der Waals surface area contributed by atoms with E-state index < -0.39 is 0 Å². The quantitative estimate of drug-likeness (QED) is 0.331. The van der Waals surface area contributed by atoms with Gasteiger partial charge in [0, 0.05) is 59.2 Å². The minimum absolute atomic E-state index is 0.211. The summed E-state index contributed by atoms with van der Waals surface area (Å²) in [5.41, 5.74) is 2.49. The second kappa shape index (κ2) is 13.8. The summed E-state index contributed by atoms with van der Waals surface area (Å²) in [6.45, 7) is 10.4. The smallest absolute Gasteiger partial charge is 0.222 e. The number of aryl methyl sites for hydroxylation is 1. The molecule has 0 radical (unpaired) electrons. The van der Waals surface area contributed by atoms with Crippen LogP contribution in [0.3, 0.4) is 0 Å². The van der Waals surface area contributed by atoms with Gasteiger partial charge in [0.15, 0.2) is 5.96 Å². The maximum atomic E-state index is 12.5. The number of carbonyl (C=O) groups is 2. The fraction of sp³-hybridized carbons (Fsp3) is 0.640. The van der Waals surface area contributed by atoms with Crippen LogP contribution in [0, 0.1) is 12.8 Å². The third-order valence-corrected chi connectivity index (χ3v) is 5.69. The van der Waals surface area contributed by atoms with E-state index in [4.69, 9.17) is 0 Å². The zero-order valence-electron chi connectivity index (χ0n) is 20.3. The van der Waals surface area contributed by atoms with Crippen LogP contribution in [0.4, 0.5) is 0 Å². The number of guanidine groups is 1. The Hall–Kier alpha value is -2.57. The Morgan fingerprint density at radius 3 is 2.31 bits per heavy atom. The Morgan fingerprint density at radius 1 is 1.00 bits per heavy atom. The molecular weight excluding hydrogens is 402 g/mol. The molecular formula is C25H41N5O2. The molecule has 0 aliphatic carbocycles. The van der Waals surface area contributed by atoms with Gasteiger partial charge in [0.1, 0.15) is 0 Å². The van der Waals surface area contributed by atoms with Gasteiger partial charge in [-0.05, 0) is 31.2 Å². The third kappa shape index (κ3) is 9.28. The number of nitrogens with one attached hydrogen (secondary N) is 2.